The number of hydrogen-bond donors (Lipinski definition) is 1. The lowest BCUT2D eigenvalue weighted by Crippen LogP contribution is -2.46. The van der Waals surface area contributed by atoms with Gasteiger partial charge < -0.3 is 10.0 Å². The molecular formula is C20H25N3O2. The Kier molecular flexibility index (Phi) is 4.12. The molecule has 0 saturated carbocycles. The molecule has 25 heavy (non-hydrogen) atoms. The largest absolute Gasteiger partial charge is 0.391 e. The molecule has 2 aliphatic rings. The van der Waals surface area contributed by atoms with E-state index in [0.29, 0.717) is 18.8 Å². The Bertz CT molecular complexity index is 811. The fraction of sp³-hybridized carbons (Fsp3) is 0.500. The summed E-state index contributed by atoms with van der Waals surface area (Å²) in [5.74, 6) is 0.218. The fourth-order valence-corrected chi connectivity index (χ4v) is 3.99. The third-order valence-electron chi connectivity index (χ3n) is 5.68. The Morgan fingerprint density at radius 3 is 2.84 bits per heavy atom. The number of carbonyl (C=O) groups is 1. The maximum absolute atomic E-state index is 13.1. The van der Waals surface area contributed by atoms with Gasteiger partial charge in [-0.05, 0) is 50.2 Å². The van der Waals surface area contributed by atoms with Crippen molar-refractivity contribution in [1.29, 1.82) is 0 Å². The number of benzene rings is 1. The summed E-state index contributed by atoms with van der Waals surface area (Å²) in [6.45, 7) is 5.22. The van der Waals surface area contributed by atoms with Crippen LogP contribution in [0.4, 0.5) is 0 Å². The number of carbonyl (C=O) groups excluding carboxylic acids is 1. The molecule has 5 nitrogen and oxygen atoms in total. The molecule has 2 heterocycles. The van der Waals surface area contributed by atoms with Crippen LogP contribution in [0.15, 0.2) is 24.3 Å². The number of aliphatic hydroxyl groups is 1. The van der Waals surface area contributed by atoms with Gasteiger partial charge >= 0.3 is 0 Å². The summed E-state index contributed by atoms with van der Waals surface area (Å²) in [4.78, 5) is 14.9. The van der Waals surface area contributed by atoms with Gasteiger partial charge in [-0.3, -0.25) is 4.79 Å². The van der Waals surface area contributed by atoms with Gasteiger partial charge in [0, 0.05) is 24.3 Å². The molecule has 1 aromatic heterocycles. The van der Waals surface area contributed by atoms with Crippen molar-refractivity contribution in [3.63, 3.8) is 0 Å². The first-order chi connectivity index (χ1) is 12.1. The van der Waals surface area contributed by atoms with E-state index in [1.165, 1.54) is 5.69 Å². The Hall–Kier alpha value is -2.14. The number of aliphatic hydroxyl groups excluding tert-OH is 1. The summed E-state index contributed by atoms with van der Waals surface area (Å²) in [7, 11) is 0. The van der Waals surface area contributed by atoms with Crippen LogP contribution >= 0.6 is 0 Å². The van der Waals surface area contributed by atoms with E-state index in [9.17, 15) is 9.90 Å². The molecule has 0 radical (unpaired) electrons. The predicted octanol–water partition coefficient (Wildman–Crippen LogP) is 2.51. The van der Waals surface area contributed by atoms with Crippen molar-refractivity contribution in [2.24, 2.45) is 5.92 Å². The summed E-state index contributed by atoms with van der Waals surface area (Å²) in [6, 6.07) is 8.16. The minimum atomic E-state index is -0.441. The van der Waals surface area contributed by atoms with Crippen LogP contribution < -0.4 is 0 Å². The number of aryl methyl sites for hydroxylation is 1. The number of para-hydroxylation sites is 1. The van der Waals surface area contributed by atoms with E-state index in [4.69, 9.17) is 5.10 Å². The summed E-state index contributed by atoms with van der Waals surface area (Å²) in [6.07, 6.45) is 3.34. The van der Waals surface area contributed by atoms with Gasteiger partial charge in [0.1, 0.15) is 0 Å². The minimum Gasteiger partial charge on any atom is -0.391 e. The number of rotatable bonds is 2. The van der Waals surface area contributed by atoms with Crippen LogP contribution in [0.3, 0.4) is 0 Å². The third-order valence-corrected chi connectivity index (χ3v) is 5.68. The number of β-amino-alcohol motifs (C(OH)–C–C–N with tert-alkyl or cyclic N) is 1. The van der Waals surface area contributed by atoms with Crippen LogP contribution in [-0.2, 0) is 12.8 Å². The summed E-state index contributed by atoms with van der Waals surface area (Å²) in [5.41, 5.74) is 5.05. The number of fused-ring (bicyclic) bond motifs is 1. The molecule has 1 N–H and O–H groups in total. The third kappa shape index (κ3) is 2.76. The Labute approximate surface area is 148 Å². The number of likely N-dealkylation sites (tertiary alicyclic amines) is 1. The van der Waals surface area contributed by atoms with Gasteiger partial charge in [0.05, 0.1) is 11.8 Å². The predicted molar refractivity (Wildman–Crippen MR) is 96.0 cm³/mol. The van der Waals surface area contributed by atoms with Crippen molar-refractivity contribution in [3.05, 3.63) is 46.8 Å². The molecule has 2 atom stereocenters. The van der Waals surface area contributed by atoms with E-state index in [0.717, 1.165) is 42.5 Å². The van der Waals surface area contributed by atoms with Crippen molar-refractivity contribution in [3.8, 4) is 5.69 Å². The second-order valence-electron chi connectivity index (χ2n) is 7.41. The number of piperidine rings is 1. The maximum Gasteiger partial charge on any atom is 0.274 e. The molecule has 1 fully saturated rings. The second-order valence-corrected chi connectivity index (χ2v) is 7.41. The van der Waals surface area contributed by atoms with E-state index < -0.39 is 6.10 Å². The quantitative estimate of drug-likeness (QED) is 0.915. The number of aromatic nitrogens is 2. The highest BCUT2D eigenvalue weighted by atomic mass is 16.3. The van der Waals surface area contributed by atoms with Crippen LogP contribution in [0.5, 0.6) is 0 Å². The van der Waals surface area contributed by atoms with E-state index in [1.807, 2.05) is 23.7 Å². The van der Waals surface area contributed by atoms with Gasteiger partial charge in [0.15, 0.2) is 5.69 Å². The Morgan fingerprint density at radius 2 is 2.08 bits per heavy atom. The molecule has 1 aromatic carbocycles. The molecule has 0 bridgehead atoms. The topological polar surface area (TPSA) is 58.4 Å². The minimum absolute atomic E-state index is 0.0311. The zero-order chi connectivity index (χ0) is 17.6. The number of amides is 1. The monoisotopic (exact) mass is 339 g/mol. The molecular weight excluding hydrogens is 314 g/mol. The summed E-state index contributed by atoms with van der Waals surface area (Å²) >= 11 is 0. The highest BCUT2D eigenvalue weighted by molar-refractivity contribution is 5.94. The lowest BCUT2D eigenvalue weighted by Gasteiger charge is -2.34. The van der Waals surface area contributed by atoms with E-state index >= 15 is 0 Å². The SMILES string of the molecule is Cc1ccccc1-n1nc(C(=O)N2CC[C@H](C)[C@H](O)C2)c2c1CCC2. The average molecular weight is 339 g/mol. The van der Waals surface area contributed by atoms with Gasteiger partial charge in [-0.1, -0.05) is 25.1 Å². The fourth-order valence-electron chi connectivity index (χ4n) is 3.99. The molecule has 0 unspecified atom stereocenters. The highest BCUT2D eigenvalue weighted by Crippen LogP contribution is 2.30. The van der Waals surface area contributed by atoms with Gasteiger partial charge in [-0.25, -0.2) is 4.68 Å². The van der Waals surface area contributed by atoms with E-state index in [-0.39, 0.29) is 11.8 Å². The maximum atomic E-state index is 13.1. The van der Waals surface area contributed by atoms with Crippen LogP contribution in [0.1, 0.15) is 47.1 Å². The molecule has 4 rings (SSSR count). The van der Waals surface area contributed by atoms with Crippen molar-refractivity contribution in [2.75, 3.05) is 13.1 Å². The zero-order valence-electron chi connectivity index (χ0n) is 14.9. The zero-order valence-corrected chi connectivity index (χ0v) is 14.9. The summed E-state index contributed by atoms with van der Waals surface area (Å²) in [5, 5.41) is 14.9. The standard InChI is InChI=1S/C20H25N3O2/c1-13-6-3-4-8-16(13)23-17-9-5-7-15(17)19(21-23)20(25)22-11-10-14(2)18(24)12-22/h3-4,6,8,14,18,24H,5,7,9-12H2,1-2H3/t14-,18+/m0/s1. The Balaban J connectivity index is 1.71. The molecule has 132 valence electrons. The van der Waals surface area contributed by atoms with Gasteiger partial charge in [-0.15, -0.1) is 0 Å². The molecule has 1 aliphatic carbocycles. The molecule has 0 spiro atoms. The van der Waals surface area contributed by atoms with Crippen LogP contribution in [-0.4, -0.2) is 44.9 Å². The van der Waals surface area contributed by atoms with Crippen LogP contribution in [0.2, 0.25) is 0 Å². The normalized spacial score (nSPS) is 22.9. The number of nitrogens with zero attached hydrogens (tertiary/aromatic N) is 3. The molecule has 5 heteroatoms. The smallest absolute Gasteiger partial charge is 0.274 e. The molecule has 1 saturated heterocycles. The molecule has 2 aromatic rings. The van der Waals surface area contributed by atoms with Gasteiger partial charge in [-0.2, -0.15) is 5.10 Å². The van der Waals surface area contributed by atoms with E-state index in [1.54, 1.807) is 4.90 Å². The molecule has 1 amide bonds. The number of hydrogen-bond acceptors (Lipinski definition) is 3. The van der Waals surface area contributed by atoms with Gasteiger partial charge in [0.2, 0.25) is 0 Å². The van der Waals surface area contributed by atoms with Gasteiger partial charge in [0.25, 0.3) is 5.91 Å². The van der Waals surface area contributed by atoms with Crippen molar-refractivity contribution < 1.29 is 9.90 Å². The van der Waals surface area contributed by atoms with Crippen LogP contribution in [0, 0.1) is 12.8 Å². The highest BCUT2D eigenvalue weighted by Gasteiger charge is 2.33. The first-order valence-electron chi connectivity index (χ1n) is 9.20. The first kappa shape index (κ1) is 16.3. The second kappa shape index (κ2) is 6.30. The summed E-state index contributed by atoms with van der Waals surface area (Å²) < 4.78 is 1.97. The van der Waals surface area contributed by atoms with Crippen LogP contribution in [0.25, 0.3) is 5.69 Å². The lowest BCUT2D eigenvalue weighted by molar-refractivity contribution is 0.0244. The van der Waals surface area contributed by atoms with E-state index in [2.05, 4.69) is 19.1 Å². The van der Waals surface area contributed by atoms with Crippen molar-refractivity contribution in [2.45, 2.75) is 45.6 Å². The first-order valence-corrected chi connectivity index (χ1v) is 9.20. The Morgan fingerprint density at radius 1 is 1.28 bits per heavy atom. The molecule has 1 aliphatic heterocycles. The van der Waals surface area contributed by atoms with Crippen molar-refractivity contribution >= 4 is 5.91 Å². The van der Waals surface area contributed by atoms with Crippen molar-refractivity contribution in [1.82, 2.24) is 14.7 Å². The average Bonchev–Trinajstić information content (AvgIpc) is 3.20. The lowest BCUT2D eigenvalue weighted by atomic mass is 9.95.